The summed E-state index contributed by atoms with van der Waals surface area (Å²) in [5, 5.41) is 3.74. The molecule has 142 valence electrons. The predicted molar refractivity (Wildman–Crippen MR) is 107 cm³/mol. The van der Waals surface area contributed by atoms with E-state index >= 15 is 0 Å². The lowest BCUT2D eigenvalue weighted by Crippen LogP contribution is -2.18. The van der Waals surface area contributed by atoms with E-state index in [2.05, 4.69) is 24.4 Å². The number of benzene rings is 1. The first-order valence-corrected chi connectivity index (χ1v) is 10.6. The lowest BCUT2D eigenvalue weighted by Gasteiger charge is -2.18. The first-order chi connectivity index (χ1) is 13.1. The van der Waals surface area contributed by atoms with Crippen LogP contribution in [0.5, 0.6) is 0 Å². The van der Waals surface area contributed by atoms with Crippen LogP contribution in [0.2, 0.25) is 0 Å². The number of carbonyl (C=O) groups excluding carboxylic acids is 2. The third-order valence-corrected chi connectivity index (χ3v) is 6.75. The Morgan fingerprint density at radius 1 is 1.26 bits per heavy atom. The molecular formula is C22H25NO3S. The maximum atomic E-state index is 12.8. The molecule has 4 nitrogen and oxygen atoms in total. The van der Waals surface area contributed by atoms with E-state index in [-0.39, 0.29) is 23.7 Å². The second-order valence-corrected chi connectivity index (χ2v) is 8.73. The number of esters is 1. The summed E-state index contributed by atoms with van der Waals surface area (Å²) in [4.78, 5) is 26.6. The molecule has 27 heavy (non-hydrogen) atoms. The van der Waals surface area contributed by atoms with Gasteiger partial charge in [-0.25, -0.2) is 4.79 Å². The molecule has 0 bridgehead atoms. The van der Waals surface area contributed by atoms with Crippen molar-refractivity contribution < 1.29 is 14.3 Å². The topological polar surface area (TPSA) is 55.4 Å². The summed E-state index contributed by atoms with van der Waals surface area (Å²) in [5.41, 5.74) is 2.89. The van der Waals surface area contributed by atoms with Crippen LogP contribution < -0.4 is 5.32 Å². The number of fused-ring (bicyclic) bond motifs is 1. The van der Waals surface area contributed by atoms with Gasteiger partial charge in [0.25, 0.3) is 0 Å². The Morgan fingerprint density at radius 3 is 2.78 bits per heavy atom. The van der Waals surface area contributed by atoms with Gasteiger partial charge in [-0.15, -0.1) is 11.3 Å². The van der Waals surface area contributed by atoms with Crippen molar-refractivity contribution in [3.63, 3.8) is 0 Å². The van der Waals surface area contributed by atoms with E-state index in [1.807, 2.05) is 25.1 Å². The van der Waals surface area contributed by atoms with Crippen molar-refractivity contribution >= 4 is 28.2 Å². The van der Waals surface area contributed by atoms with Crippen LogP contribution in [0.25, 0.3) is 0 Å². The molecule has 0 radical (unpaired) electrons. The van der Waals surface area contributed by atoms with Gasteiger partial charge in [-0.2, -0.15) is 0 Å². The largest absolute Gasteiger partial charge is 0.462 e. The van der Waals surface area contributed by atoms with E-state index in [0.29, 0.717) is 23.1 Å². The second kappa shape index (κ2) is 7.47. The summed E-state index contributed by atoms with van der Waals surface area (Å²) in [5.74, 6) is 0.587. The van der Waals surface area contributed by atoms with Gasteiger partial charge in [0.1, 0.15) is 5.00 Å². The van der Waals surface area contributed by atoms with Gasteiger partial charge in [0.2, 0.25) is 5.91 Å². The first-order valence-electron chi connectivity index (χ1n) is 9.76. The van der Waals surface area contributed by atoms with E-state index in [1.54, 1.807) is 11.3 Å². The zero-order valence-electron chi connectivity index (χ0n) is 15.8. The Bertz CT molecular complexity index is 858. The number of hydrogen-bond acceptors (Lipinski definition) is 4. The highest BCUT2D eigenvalue weighted by Crippen LogP contribution is 2.48. The number of thiophene rings is 1. The van der Waals surface area contributed by atoms with Crippen molar-refractivity contribution in [2.24, 2.45) is 11.8 Å². The summed E-state index contributed by atoms with van der Waals surface area (Å²) in [6, 6.07) is 10.2. The minimum atomic E-state index is -0.310. The summed E-state index contributed by atoms with van der Waals surface area (Å²) < 4.78 is 5.28. The molecule has 0 saturated heterocycles. The Hall–Kier alpha value is -2.14. The molecule has 2 aliphatic carbocycles. The normalized spacial score (nSPS) is 23.4. The summed E-state index contributed by atoms with van der Waals surface area (Å²) in [6.07, 6.45) is 3.79. The summed E-state index contributed by atoms with van der Waals surface area (Å²) in [7, 11) is 0. The Balaban J connectivity index is 1.55. The summed E-state index contributed by atoms with van der Waals surface area (Å²) in [6.45, 7) is 4.39. The fraction of sp³-hybridized carbons (Fsp3) is 0.455. The van der Waals surface area contributed by atoms with Crippen molar-refractivity contribution in [1.82, 2.24) is 0 Å². The molecular weight excluding hydrogens is 358 g/mol. The molecule has 0 aliphatic heterocycles. The molecule has 2 aromatic rings. The number of amides is 1. The number of nitrogens with one attached hydrogen (secondary N) is 1. The monoisotopic (exact) mass is 383 g/mol. The van der Waals surface area contributed by atoms with E-state index in [0.717, 1.165) is 31.2 Å². The van der Waals surface area contributed by atoms with Crippen LogP contribution in [0.15, 0.2) is 30.3 Å². The molecule has 1 heterocycles. The highest BCUT2D eigenvalue weighted by molar-refractivity contribution is 7.17. The van der Waals surface area contributed by atoms with Crippen LogP contribution in [0.4, 0.5) is 5.00 Å². The maximum Gasteiger partial charge on any atom is 0.341 e. The van der Waals surface area contributed by atoms with E-state index in [4.69, 9.17) is 4.74 Å². The molecule has 0 spiro atoms. The van der Waals surface area contributed by atoms with Crippen molar-refractivity contribution in [1.29, 1.82) is 0 Å². The van der Waals surface area contributed by atoms with E-state index < -0.39 is 0 Å². The second-order valence-electron chi connectivity index (χ2n) is 7.62. The van der Waals surface area contributed by atoms with Gasteiger partial charge in [-0.1, -0.05) is 37.3 Å². The summed E-state index contributed by atoms with van der Waals surface area (Å²) >= 11 is 1.56. The number of anilines is 1. The van der Waals surface area contributed by atoms with Gasteiger partial charge in [-0.3, -0.25) is 4.79 Å². The third-order valence-electron chi connectivity index (χ3n) is 5.58. The van der Waals surface area contributed by atoms with Gasteiger partial charge in [0.15, 0.2) is 0 Å². The predicted octanol–water partition coefficient (Wildman–Crippen LogP) is 4.79. The Morgan fingerprint density at radius 2 is 2.04 bits per heavy atom. The molecule has 2 aliphatic rings. The van der Waals surface area contributed by atoms with Crippen LogP contribution in [0.3, 0.4) is 0 Å². The average Bonchev–Trinajstić information content (AvgIpc) is 3.38. The van der Waals surface area contributed by atoms with Crippen LogP contribution in [0.1, 0.15) is 59.0 Å². The van der Waals surface area contributed by atoms with E-state index in [1.165, 1.54) is 10.4 Å². The molecule has 1 saturated carbocycles. The minimum Gasteiger partial charge on any atom is -0.462 e. The van der Waals surface area contributed by atoms with Crippen molar-refractivity contribution in [3.8, 4) is 0 Å². The number of carbonyl (C=O) groups is 2. The SMILES string of the molecule is CCOC(=O)c1c(NC(=O)[C@@H]2C[C@H]2c2ccccc2)sc2c1CC[C@@H](C)C2. The average molecular weight is 384 g/mol. The van der Waals surface area contributed by atoms with E-state index in [9.17, 15) is 9.59 Å². The van der Waals surface area contributed by atoms with Gasteiger partial charge < -0.3 is 10.1 Å². The molecule has 5 heteroatoms. The molecule has 3 atom stereocenters. The van der Waals surface area contributed by atoms with Gasteiger partial charge in [0, 0.05) is 10.8 Å². The lowest BCUT2D eigenvalue weighted by atomic mass is 9.88. The maximum absolute atomic E-state index is 12.8. The highest BCUT2D eigenvalue weighted by atomic mass is 32.1. The molecule has 0 unspecified atom stereocenters. The van der Waals surface area contributed by atoms with Crippen LogP contribution in [0, 0.1) is 11.8 Å². The van der Waals surface area contributed by atoms with Gasteiger partial charge in [0.05, 0.1) is 12.2 Å². The van der Waals surface area contributed by atoms with Gasteiger partial charge in [-0.05, 0) is 55.6 Å². The zero-order chi connectivity index (χ0) is 19.0. The van der Waals surface area contributed by atoms with Crippen molar-refractivity contribution in [2.45, 2.75) is 45.4 Å². The minimum absolute atomic E-state index is 0.0134. The smallest absolute Gasteiger partial charge is 0.341 e. The number of ether oxygens (including phenoxy) is 1. The standard InChI is InChI=1S/C22H25NO3S/c1-3-26-22(25)19-15-10-9-13(2)11-18(15)27-21(19)23-20(24)17-12-16(17)14-7-5-4-6-8-14/h4-8,13,16-17H,3,9-12H2,1-2H3,(H,23,24)/t13-,16+,17-/m1/s1. The van der Waals surface area contributed by atoms with Gasteiger partial charge >= 0.3 is 5.97 Å². The molecule has 1 amide bonds. The van der Waals surface area contributed by atoms with Crippen molar-refractivity contribution in [2.75, 3.05) is 11.9 Å². The molecule has 1 aromatic heterocycles. The van der Waals surface area contributed by atoms with Crippen molar-refractivity contribution in [3.05, 3.63) is 51.9 Å². The molecule has 1 N–H and O–H groups in total. The number of rotatable bonds is 5. The molecule has 4 rings (SSSR count). The number of hydrogen-bond donors (Lipinski definition) is 1. The lowest BCUT2D eigenvalue weighted by molar-refractivity contribution is -0.117. The fourth-order valence-corrected chi connectivity index (χ4v) is 5.42. The first kappa shape index (κ1) is 18.2. The third kappa shape index (κ3) is 3.65. The fourth-order valence-electron chi connectivity index (χ4n) is 4.02. The molecule has 1 fully saturated rings. The highest BCUT2D eigenvalue weighted by Gasteiger charge is 2.44. The van der Waals surface area contributed by atoms with Crippen LogP contribution in [-0.4, -0.2) is 18.5 Å². The Labute approximate surface area is 163 Å². The van der Waals surface area contributed by atoms with Crippen LogP contribution >= 0.6 is 11.3 Å². The zero-order valence-corrected chi connectivity index (χ0v) is 16.6. The molecule has 1 aromatic carbocycles. The van der Waals surface area contributed by atoms with Crippen LogP contribution in [-0.2, 0) is 22.4 Å². The Kier molecular flexibility index (Phi) is 5.04. The quantitative estimate of drug-likeness (QED) is 0.755.